The van der Waals surface area contributed by atoms with Gasteiger partial charge in [0.1, 0.15) is 0 Å². The van der Waals surface area contributed by atoms with Gasteiger partial charge in [-0.3, -0.25) is 4.79 Å². The van der Waals surface area contributed by atoms with Gasteiger partial charge in [-0.25, -0.2) is 0 Å². The van der Waals surface area contributed by atoms with Gasteiger partial charge in [-0.2, -0.15) is 0 Å². The summed E-state index contributed by atoms with van der Waals surface area (Å²) in [5, 5.41) is 6.57. The van der Waals surface area contributed by atoms with E-state index in [1.807, 2.05) is 0 Å². The Morgan fingerprint density at radius 3 is 2.47 bits per heavy atom. The highest BCUT2D eigenvalue weighted by atomic mass is 16.1. The van der Waals surface area contributed by atoms with E-state index in [4.69, 9.17) is 0 Å². The Labute approximate surface area is 105 Å². The van der Waals surface area contributed by atoms with Crippen molar-refractivity contribution < 1.29 is 4.79 Å². The van der Waals surface area contributed by atoms with Crippen molar-refractivity contribution in [3.05, 3.63) is 0 Å². The van der Waals surface area contributed by atoms with Crippen LogP contribution in [0.2, 0.25) is 0 Å². The van der Waals surface area contributed by atoms with Gasteiger partial charge in [0.15, 0.2) is 0 Å². The average molecular weight is 238 g/mol. The topological polar surface area (TPSA) is 41.1 Å². The molecule has 0 bridgehead atoms. The van der Waals surface area contributed by atoms with Crippen LogP contribution in [-0.4, -0.2) is 25.5 Å². The predicted octanol–water partition coefficient (Wildman–Crippen LogP) is 2.07. The van der Waals surface area contributed by atoms with Crippen LogP contribution < -0.4 is 10.6 Å². The summed E-state index contributed by atoms with van der Waals surface area (Å²) in [6.07, 6.45) is 9.84. The van der Waals surface area contributed by atoms with E-state index in [-0.39, 0.29) is 0 Å². The molecule has 0 unspecified atom stereocenters. The summed E-state index contributed by atoms with van der Waals surface area (Å²) < 4.78 is 0. The van der Waals surface area contributed by atoms with Crippen molar-refractivity contribution in [2.24, 2.45) is 11.8 Å². The molecule has 3 heteroatoms. The van der Waals surface area contributed by atoms with Gasteiger partial charge in [-0.1, -0.05) is 25.7 Å². The zero-order valence-electron chi connectivity index (χ0n) is 10.8. The van der Waals surface area contributed by atoms with E-state index in [0.29, 0.717) is 17.7 Å². The van der Waals surface area contributed by atoms with E-state index in [9.17, 15) is 4.79 Å². The quantitative estimate of drug-likeness (QED) is 0.739. The molecular formula is C14H26N2O. The first-order chi connectivity index (χ1) is 8.36. The minimum Gasteiger partial charge on any atom is -0.356 e. The molecule has 0 aromatic heterocycles. The van der Waals surface area contributed by atoms with Crippen LogP contribution in [0.15, 0.2) is 0 Å². The van der Waals surface area contributed by atoms with E-state index in [1.54, 1.807) is 0 Å². The molecule has 2 rings (SSSR count). The molecule has 0 aromatic rings. The first-order valence-corrected chi connectivity index (χ1v) is 7.34. The number of carbonyl (C=O) groups is 1. The average Bonchev–Trinajstić information content (AvgIpc) is 2.66. The zero-order valence-corrected chi connectivity index (χ0v) is 10.8. The van der Waals surface area contributed by atoms with Crippen molar-refractivity contribution in [2.75, 3.05) is 19.6 Å². The minimum absolute atomic E-state index is 0.300. The lowest BCUT2D eigenvalue weighted by Gasteiger charge is -2.24. The largest absolute Gasteiger partial charge is 0.356 e. The Balaban J connectivity index is 1.68. The molecule has 1 aliphatic heterocycles. The van der Waals surface area contributed by atoms with Crippen molar-refractivity contribution in [2.45, 2.75) is 51.4 Å². The van der Waals surface area contributed by atoms with Crippen LogP contribution in [0, 0.1) is 11.8 Å². The summed E-state index contributed by atoms with van der Waals surface area (Å²) in [5.74, 6) is 1.27. The molecule has 3 nitrogen and oxygen atoms in total. The molecule has 1 saturated carbocycles. The van der Waals surface area contributed by atoms with Gasteiger partial charge < -0.3 is 10.6 Å². The van der Waals surface area contributed by atoms with Crippen molar-refractivity contribution >= 4 is 5.91 Å². The van der Waals surface area contributed by atoms with E-state index in [2.05, 4.69) is 10.6 Å². The molecule has 2 N–H and O–H groups in total. The van der Waals surface area contributed by atoms with Gasteiger partial charge in [-0.05, 0) is 44.7 Å². The molecule has 0 spiro atoms. The summed E-state index contributed by atoms with van der Waals surface area (Å²) in [6.45, 7) is 3.10. The highest BCUT2D eigenvalue weighted by molar-refractivity contribution is 5.78. The number of piperidine rings is 1. The third kappa shape index (κ3) is 4.30. The SMILES string of the molecule is O=C(NC[C@@H]1CCCNC1)C1CCCCCC1. The van der Waals surface area contributed by atoms with Crippen LogP contribution in [0.1, 0.15) is 51.4 Å². The summed E-state index contributed by atoms with van der Waals surface area (Å²) in [6, 6.07) is 0. The number of hydrogen-bond donors (Lipinski definition) is 2. The fraction of sp³-hybridized carbons (Fsp3) is 0.929. The molecular weight excluding hydrogens is 212 g/mol. The second-order valence-electron chi connectivity index (χ2n) is 5.65. The summed E-state index contributed by atoms with van der Waals surface area (Å²) in [4.78, 5) is 12.1. The van der Waals surface area contributed by atoms with Crippen LogP contribution in [-0.2, 0) is 4.79 Å². The van der Waals surface area contributed by atoms with Crippen LogP contribution in [0.3, 0.4) is 0 Å². The molecule has 1 heterocycles. The lowest BCUT2D eigenvalue weighted by Crippen LogP contribution is -2.40. The van der Waals surface area contributed by atoms with Crippen LogP contribution in [0.25, 0.3) is 0 Å². The van der Waals surface area contributed by atoms with Crippen molar-refractivity contribution in [3.8, 4) is 0 Å². The normalized spacial score (nSPS) is 27.4. The standard InChI is InChI=1S/C14H26N2O/c17-14(13-7-3-1-2-4-8-13)16-11-12-6-5-9-15-10-12/h12-13,15H,1-11H2,(H,16,17)/t12-/m1/s1. The van der Waals surface area contributed by atoms with Gasteiger partial charge in [0.2, 0.25) is 5.91 Å². The lowest BCUT2D eigenvalue weighted by molar-refractivity contribution is -0.125. The van der Waals surface area contributed by atoms with Crippen molar-refractivity contribution in [3.63, 3.8) is 0 Å². The van der Waals surface area contributed by atoms with E-state index in [1.165, 1.54) is 38.5 Å². The van der Waals surface area contributed by atoms with Crippen molar-refractivity contribution in [1.82, 2.24) is 10.6 Å². The molecule has 1 amide bonds. The third-order valence-corrected chi connectivity index (χ3v) is 4.19. The number of amides is 1. The van der Waals surface area contributed by atoms with Crippen molar-refractivity contribution in [1.29, 1.82) is 0 Å². The molecule has 98 valence electrons. The highest BCUT2D eigenvalue weighted by Crippen LogP contribution is 2.23. The lowest BCUT2D eigenvalue weighted by atomic mass is 9.97. The Kier molecular flexibility index (Phi) is 5.30. The van der Waals surface area contributed by atoms with Gasteiger partial charge in [-0.15, -0.1) is 0 Å². The van der Waals surface area contributed by atoms with Gasteiger partial charge in [0.05, 0.1) is 0 Å². The number of carbonyl (C=O) groups excluding carboxylic acids is 1. The number of rotatable bonds is 3. The second kappa shape index (κ2) is 7.00. The second-order valence-corrected chi connectivity index (χ2v) is 5.65. The molecule has 2 fully saturated rings. The third-order valence-electron chi connectivity index (χ3n) is 4.19. The Morgan fingerprint density at radius 2 is 1.82 bits per heavy atom. The van der Waals surface area contributed by atoms with E-state index in [0.717, 1.165) is 32.5 Å². The number of hydrogen-bond acceptors (Lipinski definition) is 2. The van der Waals surface area contributed by atoms with Gasteiger partial charge in [0, 0.05) is 12.5 Å². The van der Waals surface area contributed by atoms with Gasteiger partial charge >= 0.3 is 0 Å². The van der Waals surface area contributed by atoms with Gasteiger partial charge in [0.25, 0.3) is 0 Å². The maximum atomic E-state index is 12.1. The Bertz CT molecular complexity index is 228. The van der Waals surface area contributed by atoms with E-state index < -0.39 is 0 Å². The molecule has 0 radical (unpaired) electrons. The number of nitrogens with one attached hydrogen (secondary N) is 2. The molecule has 17 heavy (non-hydrogen) atoms. The maximum absolute atomic E-state index is 12.1. The monoisotopic (exact) mass is 238 g/mol. The van der Waals surface area contributed by atoms with Crippen LogP contribution >= 0.6 is 0 Å². The first kappa shape index (κ1) is 12.9. The fourth-order valence-electron chi connectivity index (χ4n) is 3.03. The molecule has 0 aromatic carbocycles. The maximum Gasteiger partial charge on any atom is 0.223 e. The zero-order chi connectivity index (χ0) is 11.9. The first-order valence-electron chi connectivity index (χ1n) is 7.34. The predicted molar refractivity (Wildman–Crippen MR) is 69.8 cm³/mol. The Hall–Kier alpha value is -0.570. The summed E-state index contributed by atoms with van der Waals surface area (Å²) in [7, 11) is 0. The highest BCUT2D eigenvalue weighted by Gasteiger charge is 2.21. The Morgan fingerprint density at radius 1 is 1.06 bits per heavy atom. The molecule has 1 saturated heterocycles. The van der Waals surface area contributed by atoms with Crippen LogP contribution in [0.4, 0.5) is 0 Å². The fourth-order valence-corrected chi connectivity index (χ4v) is 3.03. The summed E-state index contributed by atoms with van der Waals surface area (Å²) >= 11 is 0. The molecule has 1 atom stereocenters. The van der Waals surface area contributed by atoms with Crippen LogP contribution in [0.5, 0.6) is 0 Å². The molecule has 1 aliphatic carbocycles. The molecule has 2 aliphatic rings. The van der Waals surface area contributed by atoms with E-state index >= 15 is 0 Å². The minimum atomic E-state index is 0.300. The summed E-state index contributed by atoms with van der Waals surface area (Å²) in [5.41, 5.74) is 0. The smallest absolute Gasteiger partial charge is 0.223 e.